The molecule has 0 saturated carbocycles. The van der Waals surface area contributed by atoms with E-state index in [-0.39, 0.29) is 24.7 Å². The second-order valence-corrected chi connectivity index (χ2v) is 6.39. The third-order valence-electron chi connectivity index (χ3n) is 3.51. The lowest BCUT2D eigenvalue weighted by atomic mass is 10.0. The number of aromatic nitrogens is 1. The van der Waals surface area contributed by atoms with E-state index in [0.29, 0.717) is 12.8 Å². The van der Waals surface area contributed by atoms with Crippen LogP contribution in [0.15, 0.2) is 35.7 Å². The van der Waals surface area contributed by atoms with Crippen LogP contribution in [0.3, 0.4) is 0 Å². The van der Waals surface area contributed by atoms with Gasteiger partial charge in [-0.25, -0.2) is 9.78 Å². The minimum atomic E-state index is -0.225. The molecule has 3 N–H and O–H groups in total. The van der Waals surface area contributed by atoms with Crippen molar-refractivity contribution in [2.45, 2.75) is 38.8 Å². The highest BCUT2D eigenvalue weighted by atomic mass is 32.1. The predicted molar refractivity (Wildman–Crippen MR) is 92.4 cm³/mol. The number of carbonyl (C=O) groups is 1. The minimum Gasteiger partial charge on any atom is -0.396 e. The quantitative estimate of drug-likeness (QED) is 0.727. The molecule has 2 atom stereocenters. The molecule has 2 aromatic rings. The maximum atomic E-state index is 12.3. The highest BCUT2D eigenvalue weighted by Crippen LogP contribution is 2.20. The number of aliphatic hydroxyl groups excluding tert-OH is 1. The lowest BCUT2D eigenvalue weighted by Gasteiger charge is -2.21. The summed E-state index contributed by atoms with van der Waals surface area (Å²) in [6.07, 6.45) is 1.33. The van der Waals surface area contributed by atoms with Crippen molar-refractivity contribution >= 4 is 17.4 Å². The average molecular weight is 333 g/mol. The van der Waals surface area contributed by atoms with Crippen LogP contribution in [0.1, 0.15) is 48.1 Å². The number of benzene rings is 1. The Bertz CT molecular complexity index is 615. The van der Waals surface area contributed by atoms with E-state index in [9.17, 15) is 4.79 Å². The van der Waals surface area contributed by atoms with Crippen molar-refractivity contribution in [3.05, 3.63) is 52.0 Å². The number of nitrogens with zero attached hydrogens (tertiary/aromatic N) is 1. The molecule has 23 heavy (non-hydrogen) atoms. The summed E-state index contributed by atoms with van der Waals surface area (Å²) in [6, 6.07) is 9.32. The number of aryl methyl sites for hydroxylation is 1. The van der Waals surface area contributed by atoms with E-state index in [2.05, 4.69) is 15.6 Å². The van der Waals surface area contributed by atoms with E-state index in [0.717, 1.165) is 16.3 Å². The highest BCUT2D eigenvalue weighted by molar-refractivity contribution is 7.09. The molecule has 0 radical (unpaired) electrons. The van der Waals surface area contributed by atoms with Gasteiger partial charge in [0.25, 0.3) is 0 Å². The number of amides is 2. The van der Waals surface area contributed by atoms with Crippen LogP contribution in [-0.2, 0) is 0 Å². The highest BCUT2D eigenvalue weighted by Gasteiger charge is 2.17. The molecule has 0 bridgehead atoms. The van der Waals surface area contributed by atoms with E-state index in [1.54, 1.807) is 11.3 Å². The van der Waals surface area contributed by atoms with Crippen molar-refractivity contribution in [1.29, 1.82) is 0 Å². The molecule has 1 heterocycles. The Morgan fingerprint density at radius 3 is 2.65 bits per heavy atom. The Hall–Kier alpha value is -1.92. The van der Waals surface area contributed by atoms with Crippen LogP contribution in [0.4, 0.5) is 4.79 Å². The number of thiazole rings is 1. The molecule has 0 spiro atoms. The summed E-state index contributed by atoms with van der Waals surface area (Å²) in [4.78, 5) is 16.7. The molecule has 2 unspecified atom stereocenters. The lowest BCUT2D eigenvalue weighted by molar-refractivity contribution is 0.230. The first kappa shape index (κ1) is 17.4. The average Bonchev–Trinajstić information content (AvgIpc) is 2.99. The third kappa shape index (κ3) is 5.33. The lowest BCUT2D eigenvalue weighted by Crippen LogP contribution is -2.39. The summed E-state index contributed by atoms with van der Waals surface area (Å²) in [5.74, 6) is 0. The summed E-state index contributed by atoms with van der Waals surface area (Å²) >= 11 is 1.54. The third-order valence-corrected chi connectivity index (χ3v) is 4.66. The standard InChI is InChI=1S/C17H23N3O2S/c1-12-11-23-16(18-12)13(2)19-17(22)20-15(9-6-10-21)14-7-4-3-5-8-14/h3-5,7-8,11,13,15,21H,6,9-10H2,1-2H3,(H2,19,20,22). The summed E-state index contributed by atoms with van der Waals surface area (Å²) in [5.41, 5.74) is 2.00. The first-order valence-electron chi connectivity index (χ1n) is 7.75. The van der Waals surface area contributed by atoms with Crippen LogP contribution >= 0.6 is 11.3 Å². The van der Waals surface area contributed by atoms with Gasteiger partial charge in [-0.1, -0.05) is 30.3 Å². The first-order valence-corrected chi connectivity index (χ1v) is 8.63. The number of hydrogen-bond acceptors (Lipinski definition) is 4. The van der Waals surface area contributed by atoms with Crippen LogP contribution in [0.2, 0.25) is 0 Å². The molecule has 124 valence electrons. The van der Waals surface area contributed by atoms with Crippen LogP contribution in [-0.4, -0.2) is 22.7 Å². The van der Waals surface area contributed by atoms with Gasteiger partial charge in [0.15, 0.2) is 0 Å². The smallest absolute Gasteiger partial charge is 0.315 e. The van der Waals surface area contributed by atoms with Crippen molar-refractivity contribution in [2.75, 3.05) is 6.61 Å². The van der Waals surface area contributed by atoms with Crippen LogP contribution < -0.4 is 10.6 Å². The molecule has 0 aliphatic carbocycles. The zero-order chi connectivity index (χ0) is 16.7. The number of carbonyl (C=O) groups excluding carboxylic acids is 1. The van der Waals surface area contributed by atoms with Crippen molar-refractivity contribution < 1.29 is 9.90 Å². The van der Waals surface area contributed by atoms with Crippen molar-refractivity contribution in [3.8, 4) is 0 Å². The van der Waals surface area contributed by atoms with Gasteiger partial charge in [-0.2, -0.15) is 0 Å². The summed E-state index contributed by atoms with van der Waals surface area (Å²) in [6.45, 7) is 3.97. The van der Waals surface area contributed by atoms with Gasteiger partial charge in [0.1, 0.15) is 5.01 Å². The SMILES string of the molecule is Cc1csc(C(C)NC(=O)NC(CCCO)c2ccccc2)n1. The number of urea groups is 1. The number of hydrogen-bond donors (Lipinski definition) is 3. The number of nitrogens with one attached hydrogen (secondary N) is 2. The van der Waals surface area contributed by atoms with E-state index >= 15 is 0 Å². The Kier molecular flexibility index (Phi) is 6.55. The molecule has 0 fully saturated rings. The minimum absolute atomic E-state index is 0.113. The van der Waals surface area contributed by atoms with Gasteiger partial charge in [-0.05, 0) is 32.3 Å². The van der Waals surface area contributed by atoms with E-state index in [4.69, 9.17) is 5.11 Å². The topological polar surface area (TPSA) is 74.2 Å². The molecule has 6 heteroatoms. The maximum Gasteiger partial charge on any atom is 0.315 e. The summed E-state index contributed by atoms with van der Waals surface area (Å²) < 4.78 is 0. The van der Waals surface area contributed by atoms with Gasteiger partial charge in [0.2, 0.25) is 0 Å². The zero-order valence-corrected chi connectivity index (χ0v) is 14.3. The van der Waals surface area contributed by atoms with E-state index in [1.165, 1.54) is 0 Å². The van der Waals surface area contributed by atoms with Gasteiger partial charge in [-0.15, -0.1) is 11.3 Å². The Labute approximate surface area is 140 Å². The van der Waals surface area contributed by atoms with Crippen molar-refractivity contribution in [2.24, 2.45) is 0 Å². The van der Waals surface area contributed by atoms with Gasteiger partial charge in [0, 0.05) is 17.7 Å². The fraction of sp³-hybridized carbons (Fsp3) is 0.412. The van der Waals surface area contributed by atoms with Gasteiger partial charge < -0.3 is 15.7 Å². The zero-order valence-electron chi connectivity index (χ0n) is 13.5. The Morgan fingerprint density at radius 2 is 2.04 bits per heavy atom. The molecule has 2 rings (SSSR count). The molecule has 2 amide bonds. The van der Waals surface area contributed by atoms with Gasteiger partial charge in [0.05, 0.1) is 12.1 Å². The molecular weight excluding hydrogens is 310 g/mol. The molecule has 1 aromatic carbocycles. The molecule has 1 aromatic heterocycles. The number of aliphatic hydroxyl groups is 1. The number of rotatable bonds is 7. The van der Waals surface area contributed by atoms with Crippen molar-refractivity contribution in [1.82, 2.24) is 15.6 Å². The second kappa shape index (κ2) is 8.64. The van der Waals surface area contributed by atoms with Crippen LogP contribution in [0.25, 0.3) is 0 Å². The monoisotopic (exact) mass is 333 g/mol. The largest absolute Gasteiger partial charge is 0.396 e. The summed E-state index contributed by atoms with van der Waals surface area (Å²) in [5, 5.41) is 17.8. The first-order chi connectivity index (χ1) is 11.1. The molecular formula is C17H23N3O2S. The van der Waals surface area contributed by atoms with Crippen molar-refractivity contribution in [3.63, 3.8) is 0 Å². The molecule has 5 nitrogen and oxygen atoms in total. The Balaban J connectivity index is 1.97. The molecule has 0 saturated heterocycles. The van der Waals surface area contributed by atoms with Gasteiger partial charge in [-0.3, -0.25) is 0 Å². The summed E-state index contributed by atoms with van der Waals surface area (Å²) in [7, 11) is 0. The normalized spacial score (nSPS) is 13.3. The predicted octanol–water partition coefficient (Wildman–Crippen LogP) is 3.33. The fourth-order valence-corrected chi connectivity index (χ4v) is 3.14. The van der Waals surface area contributed by atoms with Crippen LogP contribution in [0, 0.1) is 6.92 Å². The molecule has 0 aliphatic rings. The van der Waals surface area contributed by atoms with E-state index < -0.39 is 0 Å². The van der Waals surface area contributed by atoms with Gasteiger partial charge >= 0.3 is 6.03 Å². The second-order valence-electron chi connectivity index (χ2n) is 5.50. The Morgan fingerprint density at radius 1 is 1.30 bits per heavy atom. The fourth-order valence-electron chi connectivity index (χ4n) is 2.33. The van der Waals surface area contributed by atoms with E-state index in [1.807, 2.05) is 49.6 Å². The maximum absolute atomic E-state index is 12.3. The van der Waals surface area contributed by atoms with Crippen LogP contribution in [0.5, 0.6) is 0 Å². The molecule has 0 aliphatic heterocycles.